The predicted molar refractivity (Wildman–Crippen MR) is 123 cm³/mol. The molecule has 2 fully saturated rings. The van der Waals surface area contributed by atoms with E-state index in [0.29, 0.717) is 13.1 Å². The van der Waals surface area contributed by atoms with Crippen LogP contribution in [0.2, 0.25) is 0 Å². The number of guanidine groups is 1. The molecule has 2 aliphatic rings. The van der Waals surface area contributed by atoms with E-state index < -0.39 is 10.0 Å². The van der Waals surface area contributed by atoms with Crippen molar-refractivity contribution in [1.29, 1.82) is 0 Å². The molecule has 2 aliphatic heterocycles. The Labute approximate surface area is 185 Å². The van der Waals surface area contributed by atoms with Gasteiger partial charge in [0.1, 0.15) is 11.9 Å². The van der Waals surface area contributed by atoms with Crippen LogP contribution in [-0.2, 0) is 10.0 Å². The fourth-order valence-electron chi connectivity index (χ4n) is 3.87. The number of hydrogen-bond acceptors (Lipinski definition) is 4. The highest BCUT2D eigenvalue weighted by molar-refractivity contribution is 14.0. The molecule has 7 nitrogen and oxygen atoms in total. The third-order valence-electron chi connectivity index (χ3n) is 5.24. The average Bonchev–Trinajstić information content (AvgIpc) is 3.13. The maximum Gasteiger partial charge on any atom is 0.211 e. The van der Waals surface area contributed by atoms with Gasteiger partial charge in [-0.25, -0.2) is 8.42 Å². The first-order valence-electron chi connectivity index (χ1n) is 9.61. The highest BCUT2D eigenvalue weighted by Crippen LogP contribution is 2.21. The number of hydrogen-bond donors (Lipinski definition) is 1. The summed E-state index contributed by atoms with van der Waals surface area (Å²) in [5, 5.41) is 3.38. The van der Waals surface area contributed by atoms with Gasteiger partial charge < -0.3 is 15.0 Å². The number of benzene rings is 1. The number of likely N-dealkylation sites (tertiary alicyclic amines) is 1. The van der Waals surface area contributed by atoms with Crippen LogP contribution in [0.3, 0.4) is 0 Å². The van der Waals surface area contributed by atoms with Crippen LogP contribution in [0.15, 0.2) is 35.3 Å². The Morgan fingerprint density at radius 1 is 1.18 bits per heavy atom. The number of ether oxygens (including phenoxy) is 1. The second kappa shape index (κ2) is 10.6. The molecule has 28 heavy (non-hydrogen) atoms. The Hall–Kier alpha value is -1.07. The summed E-state index contributed by atoms with van der Waals surface area (Å²) in [5.41, 5.74) is 0. The molecule has 158 valence electrons. The molecule has 0 aliphatic carbocycles. The molecule has 0 radical (unpaired) electrons. The molecular weight excluding hydrogens is 491 g/mol. The summed E-state index contributed by atoms with van der Waals surface area (Å²) < 4.78 is 31.4. The van der Waals surface area contributed by atoms with Crippen molar-refractivity contribution in [3.05, 3.63) is 30.3 Å². The predicted octanol–water partition coefficient (Wildman–Crippen LogP) is 2.15. The fraction of sp³-hybridized carbons (Fsp3) is 0.632. The van der Waals surface area contributed by atoms with E-state index in [9.17, 15) is 8.42 Å². The van der Waals surface area contributed by atoms with Gasteiger partial charge in [0.15, 0.2) is 5.96 Å². The number of para-hydroxylation sites is 1. The van der Waals surface area contributed by atoms with Crippen molar-refractivity contribution in [2.45, 2.75) is 37.8 Å². The van der Waals surface area contributed by atoms with Crippen LogP contribution in [0.4, 0.5) is 0 Å². The second-order valence-electron chi connectivity index (χ2n) is 7.22. The standard InChI is InChI=1S/C19H30N4O3S.HI/c1-20-19(21-15-16-7-6-12-23(16)27(2,24)25)22-13-10-18(11-14-22)26-17-8-4-3-5-9-17;/h3-5,8-9,16,18H,6-7,10-15H2,1-2H3,(H,20,21);1H/t16-;/m1./s1. The van der Waals surface area contributed by atoms with E-state index in [1.54, 1.807) is 11.4 Å². The molecule has 0 bridgehead atoms. The van der Waals surface area contributed by atoms with Crippen LogP contribution >= 0.6 is 24.0 Å². The summed E-state index contributed by atoms with van der Waals surface area (Å²) in [6.45, 7) is 2.96. The molecule has 2 heterocycles. The molecule has 1 N–H and O–H groups in total. The summed E-state index contributed by atoms with van der Waals surface area (Å²) in [4.78, 5) is 6.62. The van der Waals surface area contributed by atoms with Gasteiger partial charge in [-0.1, -0.05) is 18.2 Å². The zero-order chi connectivity index (χ0) is 19.3. The first-order valence-corrected chi connectivity index (χ1v) is 11.5. The summed E-state index contributed by atoms with van der Waals surface area (Å²) in [6, 6.07) is 9.94. The quantitative estimate of drug-likeness (QED) is 0.365. The van der Waals surface area contributed by atoms with Crippen molar-refractivity contribution < 1.29 is 13.2 Å². The topological polar surface area (TPSA) is 74.2 Å². The molecule has 0 unspecified atom stereocenters. The van der Waals surface area contributed by atoms with Crippen molar-refractivity contribution in [2.24, 2.45) is 4.99 Å². The lowest BCUT2D eigenvalue weighted by molar-refractivity contribution is 0.129. The lowest BCUT2D eigenvalue weighted by atomic mass is 10.1. The SMILES string of the molecule is CN=C(NC[C@H]1CCCN1S(C)(=O)=O)N1CCC(Oc2ccccc2)CC1.I. The van der Waals surface area contributed by atoms with Gasteiger partial charge in [0, 0.05) is 52.1 Å². The third kappa shape index (κ3) is 6.21. The maximum atomic E-state index is 11.9. The average molecular weight is 522 g/mol. The Balaban J connectivity index is 0.00000280. The number of nitrogens with one attached hydrogen (secondary N) is 1. The number of halogens is 1. The lowest BCUT2D eigenvalue weighted by Gasteiger charge is -2.35. The van der Waals surface area contributed by atoms with Crippen LogP contribution in [-0.4, -0.2) is 75.2 Å². The monoisotopic (exact) mass is 522 g/mol. The Morgan fingerprint density at radius 3 is 2.46 bits per heavy atom. The van der Waals surface area contributed by atoms with Gasteiger partial charge in [-0.05, 0) is 25.0 Å². The van der Waals surface area contributed by atoms with Gasteiger partial charge in [-0.3, -0.25) is 4.99 Å². The number of aliphatic imine (C=N–C) groups is 1. The zero-order valence-corrected chi connectivity index (χ0v) is 19.7. The van der Waals surface area contributed by atoms with Crippen LogP contribution < -0.4 is 10.1 Å². The van der Waals surface area contributed by atoms with Crippen LogP contribution in [0.1, 0.15) is 25.7 Å². The minimum atomic E-state index is -3.14. The molecular formula is C19H31IN4O3S. The highest BCUT2D eigenvalue weighted by Gasteiger charge is 2.32. The minimum Gasteiger partial charge on any atom is -0.490 e. The van der Waals surface area contributed by atoms with Gasteiger partial charge in [0.05, 0.1) is 6.26 Å². The van der Waals surface area contributed by atoms with E-state index in [2.05, 4.69) is 15.2 Å². The Kier molecular flexibility index (Phi) is 8.81. The van der Waals surface area contributed by atoms with Crippen LogP contribution in [0.5, 0.6) is 5.75 Å². The fourth-order valence-corrected chi connectivity index (χ4v) is 5.05. The first kappa shape index (κ1) is 23.2. The molecule has 1 atom stereocenters. The van der Waals surface area contributed by atoms with Crippen LogP contribution in [0.25, 0.3) is 0 Å². The summed E-state index contributed by atoms with van der Waals surface area (Å²) in [6.07, 6.45) is 5.20. The number of rotatable bonds is 5. The molecule has 3 rings (SSSR count). The van der Waals surface area contributed by atoms with Gasteiger partial charge >= 0.3 is 0 Å². The van der Waals surface area contributed by atoms with E-state index in [1.165, 1.54) is 6.26 Å². The number of nitrogens with zero attached hydrogens (tertiary/aromatic N) is 3. The Morgan fingerprint density at radius 2 is 1.86 bits per heavy atom. The molecule has 0 spiro atoms. The normalized spacial score (nSPS) is 22.0. The number of piperidine rings is 1. The first-order chi connectivity index (χ1) is 13.0. The van der Waals surface area contributed by atoms with Crippen molar-refractivity contribution >= 4 is 40.0 Å². The van der Waals surface area contributed by atoms with Gasteiger partial charge in [0.2, 0.25) is 10.0 Å². The van der Waals surface area contributed by atoms with E-state index in [1.807, 2.05) is 30.3 Å². The summed E-state index contributed by atoms with van der Waals surface area (Å²) >= 11 is 0. The maximum absolute atomic E-state index is 11.9. The molecule has 0 aromatic heterocycles. The summed E-state index contributed by atoms with van der Waals surface area (Å²) in [7, 11) is -1.37. The largest absolute Gasteiger partial charge is 0.490 e. The van der Waals surface area contributed by atoms with Crippen molar-refractivity contribution in [3.63, 3.8) is 0 Å². The summed E-state index contributed by atoms with van der Waals surface area (Å²) in [5.74, 6) is 1.76. The van der Waals surface area contributed by atoms with E-state index in [-0.39, 0.29) is 36.1 Å². The zero-order valence-electron chi connectivity index (χ0n) is 16.6. The van der Waals surface area contributed by atoms with Crippen molar-refractivity contribution in [3.8, 4) is 5.75 Å². The molecule has 9 heteroatoms. The van der Waals surface area contributed by atoms with Gasteiger partial charge in [-0.2, -0.15) is 4.31 Å². The molecule has 0 amide bonds. The smallest absolute Gasteiger partial charge is 0.211 e. The van der Waals surface area contributed by atoms with Crippen LogP contribution in [0, 0.1) is 0 Å². The van der Waals surface area contributed by atoms with Gasteiger partial charge in [-0.15, -0.1) is 24.0 Å². The molecule has 2 saturated heterocycles. The number of sulfonamides is 1. The highest BCUT2D eigenvalue weighted by atomic mass is 127. The minimum absolute atomic E-state index is 0. The molecule has 1 aromatic carbocycles. The molecule has 0 saturated carbocycles. The van der Waals surface area contributed by atoms with E-state index >= 15 is 0 Å². The second-order valence-corrected chi connectivity index (χ2v) is 9.15. The molecule has 1 aromatic rings. The van der Waals surface area contributed by atoms with Crippen molar-refractivity contribution in [1.82, 2.24) is 14.5 Å². The third-order valence-corrected chi connectivity index (χ3v) is 6.58. The lowest BCUT2D eigenvalue weighted by Crippen LogP contribution is -2.50. The van der Waals surface area contributed by atoms with Crippen molar-refractivity contribution in [2.75, 3.05) is 39.5 Å². The van der Waals surface area contributed by atoms with E-state index in [0.717, 1.165) is 50.5 Å². The van der Waals surface area contributed by atoms with E-state index in [4.69, 9.17) is 4.74 Å². The van der Waals surface area contributed by atoms with Gasteiger partial charge in [0.25, 0.3) is 0 Å². The Bertz CT molecular complexity index is 737.